The maximum atomic E-state index is 14.2. The highest BCUT2D eigenvalue weighted by molar-refractivity contribution is 5.51. The number of halogens is 2. The van der Waals surface area contributed by atoms with Gasteiger partial charge in [0, 0.05) is 25.2 Å². The van der Waals surface area contributed by atoms with Gasteiger partial charge < -0.3 is 10.2 Å². The summed E-state index contributed by atoms with van der Waals surface area (Å²) < 4.78 is 28.1. The van der Waals surface area contributed by atoms with Gasteiger partial charge in [-0.05, 0) is 45.2 Å². The van der Waals surface area contributed by atoms with Crippen molar-refractivity contribution in [2.75, 3.05) is 18.0 Å². The van der Waals surface area contributed by atoms with Gasteiger partial charge in [-0.25, -0.2) is 8.78 Å². The lowest BCUT2D eigenvalue weighted by Crippen LogP contribution is -2.43. The normalized spacial score (nSPS) is 25.0. The van der Waals surface area contributed by atoms with Crippen LogP contribution in [0.1, 0.15) is 32.3 Å². The quantitative estimate of drug-likeness (QED) is 0.841. The fourth-order valence-electron chi connectivity index (χ4n) is 2.62. The van der Waals surface area contributed by atoms with Crippen LogP contribution in [0.25, 0.3) is 0 Å². The van der Waals surface area contributed by atoms with Crippen molar-refractivity contribution in [3.05, 3.63) is 29.3 Å². The molecule has 1 aromatic carbocycles. The average molecular weight is 268 g/mol. The number of hydrogen-bond donors (Lipinski definition) is 1. The second-order valence-corrected chi connectivity index (χ2v) is 5.56. The lowest BCUT2D eigenvalue weighted by atomic mass is 10.1. The van der Waals surface area contributed by atoms with Crippen molar-refractivity contribution in [2.45, 2.75) is 45.7 Å². The monoisotopic (exact) mass is 268 g/mol. The van der Waals surface area contributed by atoms with Gasteiger partial charge in [-0.1, -0.05) is 6.07 Å². The van der Waals surface area contributed by atoms with Gasteiger partial charge in [-0.2, -0.15) is 0 Å². The maximum Gasteiger partial charge on any atom is 0.152 e. The maximum absolute atomic E-state index is 14.2. The third kappa shape index (κ3) is 3.24. The van der Waals surface area contributed by atoms with Crippen molar-refractivity contribution in [3.8, 4) is 0 Å². The van der Waals surface area contributed by atoms with Crippen LogP contribution in [-0.4, -0.2) is 25.2 Å². The van der Waals surface area contributed by atoms with Crippen LogP contribution >= 0.6 is 0 Å². The third-order valence-corrected chi connectivity index (χ3v) is 3.81. The van der Waals surface area contributed by atoms with Crippen LogP contribution in [0.2, 0.25) is 0 Å². The summed E-state index contributed by atoms with van der Waals surface area (Å²) in [6.45, 7) is 7.26. The van der Waals surface area contributed by atoms with Gasteiger partial charge in [0.15, 0.2) is 5.82 Å². The summed E-state index contributed by atoms with van der Waals surface area (Å²) in [5, 5.41) is 3.48. The van der Waals surface area contributed by atoms with Crippen molar-refractivity contribution < 1.29 is 8.78 Å². The summed E-state index contributed by atoms with van der Waals surface area (Å²) in [4.78, 5) is 1.85. The molecule has 1 saturated heterocycles. The van der Waals surface area contributed by atoms with E-state index in [4.69, 9.17) is 0 Å². The molecule has 4 heteroatoms. The first kappa shape index (κ1) is 14.3. The van der Waals surface area contributed by atoms with Crippen LogP contribution in [-0.2, 0) is 0 Å². The molecule has 0 amide bonds. The molecule has 0 bridgehead atoms. The average Bonchev–Trinajstić information content (AvgIpc) is 2.35. The van der Waals surface area contributed by atoms with Crippen molar-refractivity contribution in [3.63, 3.8) is 0 Å². The molecule has 1 aromatic rings. The summed E-state index contributed by atoms with van der Waals surface area (Å²) in [6.07, 6.45) is 1.77. The van der Waals surface area contributed by atoms with Gasteiger partial charge in [-0.15, -0.1) is 0 Å². The Morgan fingerprint density at radius 3 is 2.26 bits per heavy atom. The Kier molecular flexibility index (Phi) is 4.40. The molecule has 19 heavy (non-hydrogen) atoms. The summed E-state index contributed by atoms with van der Waals surface area (Å²) in [6, 6.07) is 3.59. The molecular weight excluding hydrogens is 246 g/mol. The van der Waals surface area contributed by atoms with Crippen LogP contribution in [0.5, 0.6) is 0 Å². The minimum absolute atomic E-state index is 0.140. The minimum Gasteiger partial charge on any atom is -0.367 e. The van der Waals surface area contributed by atoms with E-state index in [1.165, 1.54) is 12.1 Å². The molecule has 2 rings (SSSR count). The number of anilines is 1. The van der Waals surface area contributed by atoms with Gasteiger partial charge in [0.2, 0.25) is 0 Å². The Morgan fingerprint density at radius 1 is 1.11 bits per heavy atom. The van der Waals surface area contributed by atoms with Crippen LogP contribution in [0.3, 0.4) is 0 Å². The number of aryl methyl sites for hydroxylation is 1. The van der Waals surface area contributed by atoms with E-state index in [1.54, 1.807) is 6.92 Å². The minimum atomic E-state index is -0.461. The topological polar surface area (TPSA) is 15.3 Å². The van der Waals surface area contributed by atoms with E-state index in [9.17, 15) is 8.78 Å². The highest BCUT2D eigenvalue weighted by atomic mass is 19.1. The zero-order chi connectivity index (χ0) is 14.0. The molecule has 1 fully saturated rings. The molecule has 1 aliphatic heterocycles. The standard InChI is InChI=1S/C15H22F2N2/c1-10-4-5-13(16)15(14(10)17)19-8-6-11(2)18-12(3)7-9-19/h4-5,11-12,18H,6-9H2,1-3H3. The molecule has 0 aliphatic carbocycles. The zero-order valence-corrected chi connectivity index (χ0v) is 11.8. The largest absolute Gasteiger partial charge is 0.367 e. The van der Waals surface area contributed by atoms with Crippen LogP contribution in [0.15, 0.2) is 12.1 Å². The van der Waals surface area contributed by atoms with E-state index in [1.807, 2.05) is 4.90 Å². The van der Waals surface area contributed by atoms with Crippen molar-refractivity contribution >= 4 is 5.69 Å². The van der Waals surface area contributed by atoms with Crippen molar-refractivity contribution in [2.24, 2.45) is 0 Å². The highest BCUT2D eigenvalue weighted by Crippen LogP contribution is 2.27. The van der Waals surface area contributed by atoms with Gasteiger partial charge in [0.05, 0.1) is 0 Å². The summed E-state index contributed by atoms with van der Waals surface area (Å²) in [5.41, 5.74) is 0.638. The summed E-state index contributed by atoms with van der Waals surface area (Å²) in [7, 11) is 0. The van der Waals surface area contributed by atoms with Crippen LogP contribution in [0, 0.1) is 18.6 Å². The van der Waals surface area contributed by atoms with Crippen LogP contribution in [0.4, 0.5) is 14.5 Å². The highest BCUT2D eigenvalue weighted by Gasteiger charge is 2.22. The van der Waals surface area contributed by atoms with Gasteiger partial charge in [0.25, 0.3) is 0 Å². The van der Waals surface area contributed by atoms with E-state index in [-0.39, 0.29) is 5.69 Å². The fraction of sp³-hybridized carbons (Fsp3) is 0.600. The van der Waals surface area contributed by atoms with E-state index >= 15 is 0 Å². The second-order valence-electron chi connectivity index (χ2n) is 5.56. The molecule has 2 atom stereocenters. The molecule has 1 heterocycles. The molecule has 2 nitrogen and oxygen atoms in total. The molecular formula is C15H22F2N2. The number of rotatable bonds is 1. The van der Waals surface area contributed by atoms with E-state index < -0.39 is 11.6 Å². The summed E-state index contributed by atoms with van der Waals surface area (Å²) in [5.74, 6) is -0.884. The Balaban J connectivity index is 2.27. The van der Waals surface area contributed by atoms with E-state index in [2.05, 4.69) is 19.2 Å². The molecule has 106 valence electrons. The first-order chi connectivity index (χ1) is 8.99. The lowest BCUT2D eigenvalue weighted by Gasteiger charge is -2.32. The number of benzene rings is 1. The molecule has 1 aliphatic rings. The van der Waals surface area contributed by atoms with Gasteiger partial charge in [-0.3, -0.25) is 0 Å². The first-order valence-corrected chi connectivity index (χ1v) is 6.94. The molecule has 0 radical (unpaired) electrons. The third-order valence-electron chi connectivity index (χ3n) is 3.81. The van der Waals surface area contributed by atoms with Gasteiger partial charge >= 0.3 is 0 Å². The SMILES string of the molecule is Cc1ccc(F)c(N2CCC(C)NC(C)CC2)c1F. The molecule has 1 N–H and O–H groups in total. The predicted octanol–water partition coefficient (Wildman–Crippen LogP) is 3.24. The molecule has 0 spiro atoms. The predicted molar refractivity (Wildman–Crippen MR) is 74.6 cm³/mol. The Labute approximate surface area is 113 Å². The second kappa shape index (κ2) is 5.87. The smallest absolute Gasteiger partial charge is 0.152 e. The first-order valence-electron chi connectivity index (χ1n) is 6.94. The Morgan fingerprint density at radius 2 is 1.68 bits per heavy atom. The lowest BCUT2D eigenvalue weighted by molar-refractivity contribution is 0.400. The molecule has 0 aromatic heterocycles. The Bertz CT molecular complexity index is 436. The van der Waals surface area contributed by atoms with Crippen LogP contribution < -0.4 is 10.2 Å². The molecule has 0 saturated carbocycles. The fourth-order valence-corrected chi connectivity index (χ4v) is 2.62. The zero-order valence-electron chi connectivity index (χ0n) is 11.8. The van der Waals surface area contributed by atoms with Crippen molar-refractivity contribution in [1.29, 1.82) is 0 Å². The van der Waals surface area contributed by atoms with E-state index in [0.29, 0.717) is 30.7 Å². The van der Waals surface area contributed by atoms with Gasteiger partial charge in [0.1, 0.15) is 11.5 Å². The summed E-state index contributed by atoms with van der Waals surface area (Å²) >= 11 is 0. The molecule has 2 unspecified atom stereocenters. The van der Waals surface area contributed by atoms with Crippen molar-refractivity contribution in [1.82, 2.24) is 5.32 Å². The van der Waals surface area contributed by atoms with E-state index in [0.717, 1.165) is 12.8 Å². The Hall–Kier alpha value is -1.16. The number of hydrogen-bond acceptors (Lipinski definition) is 2. The number of nitrogens with one attached hydrogen (secondary N) is 1. The number of nitrogens with zero attached hydrogens (tertiary/aromatic N) is 1.